The number of hydrogen-bond acceptors (Lipinski definition) is 4. The number of carbonyl (C=O) groups excluding carboxylic acids is 2. The molecule has 5 rings (SSSR count). The van der Waals surface area contributed by atoms with Crippen LogP contribution in [0.25, 0.3) is 10.9 Å². The number of nitrogens with zero attached hydrogens (tertiary/aromatic N) is 2. The number of anilines is 2. The Morgan fingerprint density at radius 3 is 1.58 bits per heavy atom. The molecule has 0 aliphatic heterocycles. The maximum Gasteiger partial charge on any atom is 0.471 e. The van der Waals surface area contributed by atoms with E-state index < -0.39 is 42.7 Å². The molecule has 0 aliphatic carbocycles. The number of aromatic amines is 1. The highest BCUT2D eigenvalue weighted by Crippen LogP contribution is 2.44. The van der Waals surface area contributed by atoms with Crippen molar-refractivity contribution in [3.05, 3.63) is 120 Å². The predicted molar refractivity (Wildman–Crippen MR) is 168 cm³/mol. The highest BCUT2D eigenvalue weighted by atomic mass is 19.4. The van der Waals surface area contributed by atoms with Crippen molar-refractivity contribution in [2.45, 2.75) is 30.9 Å². The van der Waals surface area contributed by atoms with Crippen LogP contribution in [0.3, 0.4) is 0 Å². The molecule has 0 saturated heterocycles. The number of fused-ring (bicyclic) bond motifs is 1. The van der Waals surface area contributed by atoms with Gasteiger partial charge in [-0.15, -0.1) is 0 Å². The van der Waals surface area contributed by atoms with Crippen molar-refractivity contribution in [2.75, 3.05) is 24.0 Å². The summed E-state index contributed by atoms with van der Waals surface area (Å²) in [4.78, 5) is 30.7. The normalized spacial score (nSPS) is 13.1. The molecule has 0 spiro atoms. The van der Waals surface area contributed by atoms with Crippen molar-refractivity contribution >= 4 is 34.1 Å². The van der Waals surface area contributed by atoms with Gasteiger partial charge in [-0.05, 0) is 66.6 Å². The summed E-state index contributed by atoms with van der Waals surface area (Å²) in [5.74, 6) is -3.91. The smallest absolute Gasteiger partial charge is 0.471 e. The van der Waals surface area contributed by atoms with Gasteiger partial charge in [0.2, 0.25) is 0 Å². The number of benzene rings is 4. The van der Waals surface area contributed by atoms with E-state index in [0.29, 0.717) is 32.2 Å². The number of amides is 2. The molecule has 1 aromatic heterocycles. The number of H-pyrrole nitrogens is 1. The number of methoxy groups -OCH3 is 2. The standard InChI is InChI=1S/C35H29F6N3O4/c1-47-25-16-12-23(13-17-25)43(32(45)34(36,37)38)30(22-8-4-3-5-9-22)20-31(28-21-42-29-11-7-6-10-27(28)29)44(33(46)35(39,40)41)24-14-18-26(48-2)19-15-24/h3-19,21,30-31,42H,20H2,1-2H3. The Balaban J connectivity index is 1.79. The van der Waals surface area contributed by atoms with Gasteiger partial charge >= 0.3 is 24.2 Å². The Hall–Kier alpha value is -5.46. The van der Waals surface area contributed by atoms with Crippen LogP contribution in [0.2, 0.25) is 0 Å². The first kappa shape index (κ1) is 33.9. The van der Waals surface area contributed by atoms with E-state index >= 15 is 0 Å². The van der Waals surface area contributed by atoms with Gasteiger partial charge in [0.15, 0.2) is 0 Å². The molecule has 0 radical (unpaired) electrons. The van der Waals surface area contributed by atoms with E-state index in [2.05, 4.69) is 4.98 Å². The van der Waals surface area contributed by atoms with Crippen LogP contribution >= 0.6 is 0 Å². The Labute approximate surface area is 271 Å². The number of alkyl halides is 6. The molecule has 1 heterocycles. The minimum atomic E-state index is -5.38. The lowest BCUT2D eigenvalue weighted by atomic mass is 9.91. The topological polar surface area (TPSA) is 74.9 Å². The van der Waals surface area contributed by atoms with E-state index in [1.165, 1.54) is 93.2 Å². The summed E-state index contributed by atoms with van der Waals surface area (Å²) in [6, 6.07) is 21.6. The Morgan fingerprint density at radius 1 is 0.646 bits per heavy atom. The quantitative estimate of drug-likeness (QED) is 0.151. The molecular weight excluding hydrogens is 640 g/mol. The summed E-state index contributed by atoms with van der Waals surface area (Å²) in [7, 11) is 2.72. The number of ether oxygens (including phenoxy) is 2. The molecule has 0 aliphatic rings. The summed E-state index contributed by atoms with van der Waals surface area (Å²) in [6.07, 6.45) is -9.93. The van der Waals surface area contributed by atoms with E-state index in [4.69, 9.17) is 9.47 Å². The SMILES string of the molecule is COc1ccc(N(C(=O)C(F)(F)F)C(CC(c2c[nH]c3ccccc23)N(C(=O)C(F)(F)F)c2ccc(OC)cc2)c2ccccc2)cc1. The number of hydrogen-bond donors (Lipinski definition) is 1. The van der Waals surface area contributed by atoms with Crippen molar-refractivity contribution in [1.29, 1.82) is 0 Å². The van der Waals surface area contributed by atoms with Gasteiger partial charge in [0.25, 0.3) is 0 Å². The Bertz CT molecular complexity index is 1860. The maximum absolute atomic E-state index is 14.4. The molecule has 0 fully saturated rings. The van der Waals surface area contributed by atoms with Gasteiger partial charge in [0.1, 0.15) is 11.5 Å². The number of aromatic nitrogens is 1. The van der Waals surface area contributed by atoms with Crippen LogP contribution in [0.1, 0.15) is 29.6 Å². The first-order valence-electron chi connectivity index (χ1n) is 14.5. The van der Waals surface area contributed by atoms with Crippen LogP contribution in [0.5, 0.6) is 11.5 Å². The average Bonchev–Trinajstić information content (AvgIpc) is 3.51. The van der Waals surface area contributed by atoms with Crippen LogP contribution in [-0.2, 0) is 9.59 Å². The molecule has 13 heteroatoms. The molecule has 7 nitrogen and oxygen atoms in total. The van der Waals surface area contributed by atoms with Gasteiger partial charge in [0, 0.05) is 34.0 Å². The lowest BCUT2D eigenvalue weighted by Crippen LogP contribution is -2.47. The van der Waals surface area contributed by atoms with Crippen molar-refractivity contribution in [3.8, 4) is 11.5 Å². The van der Waals surface area contributed by atoms with Gasteiger partial charge < -0.3 is 14.5 Å². The zero-order valence-corrected chi connectivity index (χ0v) is 25.5. The highest BCUT2D eigenvalue weighted by molar-refractivity contribution is 6.00. The van der Waals surface area contributed by atoms with Gasteiger partial charge in [-0.2, -0.15) is 26.3 Å². The van der Waals surface area contributed by atoms with Crippen LogP contribution in [-0.4, -0.2) is 43.4 Å². The molecule has 0 bridgehead atoms. The predicted octanol–water partition coefficient (Wildman–Crippen LogP) is 8.55. The fourth-order valence-corrected chi connectivity index (χ4v) is 5.65. The summed E-state index contributed by atoms with van der Waals surface area (Å²) < 4.78 is 96.7. The number of rotatable bonds is 10. The number of para-hydroxylation sites is 1. The summed E-state index contributed by atoms with van der Waals surface area (Å²) in [5.41, 5.74) is 0.501. The van der Waals surface area contributed by atoms with Crippen LogP contribution < -0.4 is 19.3 Å². The second-order valence-electron chi connectivity index (χ2n) is 10.7. The highest BCUT2D eigenvalue weighted by Gasteiger charge is 2.49. The lowest BCUT2D eigenvalue weighted by Gasteiger charge is -2.39. The van der Waals surface area contributed by atoms with E-state index in [1.807, 2.05) is 0 Å². The van der Waals surface area contributed by atoms with Gasteiger partial charge in [-0.3, -0.25) is 19.4 Å². The summed E-state index contributed by atoms with van der Waals surface area (Å²) in [6.45, 7) is 0. The maximum atomic E-state index is 14.4. The third kappa shape index (κ3) is 7.09. The van der Waals surface area contributed by atoms with Crippen LogP contribution in [0, 0.1) is 0 Å². The first-order chi connectivity index (χ1) is 22.8. The minimum absolute atomic E-state index is 0.185. The van der Waals surface area contributed by atoms with E-state index in [9.17, 15) is 35.9 Å². The Morgan fingerprint density at radius 2 is 1.10 bits per heavy atom. The summed E-state index contributed by atoms with van der Waals surface area (Å²) in [5, 5.41) is 0.431. The fraction of sp³-hybridized carbons (Fsp3) is 0.200. The van der Waals surface area contributed by atoms with Crippen molar-refractivity contribution in [2.24, 2.45) is 0 Å². The zero-order valence-electron chi connectivity index (χ0n) is 25.5. The molecule has 5 aromatic rings. The molecule has 4 aromatic carbocycles. The number of carbonyl (C=O) groups is 2. The zero-order chi connectivity index (χ0) is 34.6. The summed E-state index contributed by atoms with van der Waals surface area (Å²) >= 11 is 0. The molecule has 48 heavy (non-hydrogen) atoms. The molecule has 2 atom stereocenters. The fourth-order valence-electron chi connectivity index (χ4n) is 5.65. The second-order valence-corrected chi connectivity index (χ2v) is 10.7. The van der Waals surface area contributed by atoms with Gasteiger partial charge in [0.05, 0.1) is 26.3 Å². The molecule has 250 valence electrons. The average molecular weight is 670 g/mol. The van der Waals surface area contributed by atoms with Crippen molar-refractivity contribution < 1.29 is 45.4 Å². The molecule has 2 amide bonds. The number of nitrogens with one attached hydrogen (secondary N) is 1. The van der Waals surface area contributed by atoms with Crippen molar-refractivity contribution in [3.63, 3.8) is 0 Å². The van der Waals surface area contributed by atoms with E-state index in [1.54, 1.807) is 30.3 Å². The lowest BCUT2D eigenvalue weighted by molar-refractivity contribution is -0.171. The number of halogens is 6. The molecule has 2 unspecified atom stereocenters. The largest absolute Gasteiger partial charge is 0.497 e. The van der Waals surface area contributed by atoms with Crippen LogP contribution in [0.15, 0.2) is 109 Å². The molecular formula is C35H29F6N3O4. The monoisotopic (exact) mass is 669 g/mol. The van der Waals surface area contributed by atoms with E-state index in [0.717, 1.165) is 0 Å². The van der Waals surface area contributed by atoms with E-state index in [-0.39, 0.29) is 22.5 Å². The Kier molecular flexibility index (Phi) is 9.69. The van der Waals surface area contributed by atoms with Gasteiger partial charge in [-0.25, -0.2) is 0 Å². The minimum Gasteiger partial charge on any atom is -0.497 e. The second kappa shape index (κ2) is 13.7. The third-order valence-electron chi connectivity index (χ3n) is 7.86. The molecule has 1 N–H and O–H groups in total. The van der Waals surface area contributed by atoms with Crippen LogP contribution in [0.4, 0.5) is 37.7 Å². The molecule has 0 saturated carbocycles. The third-order valence-corrected chi connectivity index (χ3v) is 7.86. The first-order valence-corrected chi connectivity index (χ1v) is 14.5. The van der Waals surface area contributed by atoms with Gasteiger partial charge in [-0.1, -0.05) is 48.5 Å². The van der Waals surface area contributed by atoms with Crippen molar-refractivity contribution in [1.82, 2.24) is 4.98 Å².